The van der Waals surface area contributed by atoms with Gasteiger partial charge in [0.1, 0.15) is 6.54 Å². The third kappa shape index (κ3) is 5.38. The zero-order valence-corrected chi connectivity index (χ0v) is 14.4. The molecule has 0 unspecified atom stereocenters. The average Bonchev–Trinajstić information content (AvgIpc) is 3.16. The number of halogens is 1. The summed E-state index contributed by atoms with van der Waals surface area (Å²) < 4.78 is 10.5. The normalized spacial score (nSPS) is 15.9. The molecule has 0 saturated heterocycles. The predicted molar refractivity (Wildman–Crippen MR) is 84.7 cm³/mol. The van der Waals surface area contributed by atoms with Gasteiger partial charge in [-0.3, -0.25) is 14.4 Å². The van der Waals surface area contributed by atoms with Crippen LogP contribution in [-0.2, 0) is 14.3 Å². The SMILES string of the molecule is C[C@@H](OC(=O)CNC(=O)c1ccc(Br)o1)C(=O)NC1CCCC1. The van der Waals surface area contributed by atoms with E-state index in [2.05, 4.69) is 26.6 Å². The summed E-state index contributed by atoms with van der Waals surface area (Å²) in [7, 11) is 0. The quantitative estimate of drug-likeness (QED) is 0.725. The van der Waals surface area contributed by atoms with Gasteiger partial charge in [-0.15, -0.1) is 0 Å². The summed E-state index contributed by atoms with van der Waals surface area (Å²) in [5, 5.41) is 5.22. The minimum atomic E-state index is -0.891. The van der Waals surface area contributed by atoms with Crippen LogP contribution in [0.2, 0.25) is 0 Å². The standard InChI is InChI=1S/C15H19BrN2O5/c1-9(14(20)18-10-4-2-3-5-10)22-13(19)8-17-15(21)11-6-7-12(16)23-11/h6-7,9-10H,2-5,8H2,1H3,(H,17,21)(H,18,20)/t9-/m1/s1. The Morgan fingerprint density at radius 2 is 2.04 bits per heavy atom. The molecule has 2 rings (SSSR count). The number of hydrogen-bond acceptors (Lipinski definition) is 5. The van der Waals surface area contributed by atoms with E-state index in [1.165, 1.54) is 13.0 Å². The summed E-state index contributed by atoms with van der Waals surface area (Å²) >= 11 is 3.08. The molecule has 126 valence electrons. The van der Waals surface area contributed by atoms with E-state index >= 15 is 0 Å². The molecule has 1 aromatic heterocycles. The molecule has 1 saturated carbocycles. The molecule has 1 fully saturated rings. The third-order valence-corrected chi connectivity index (χ3v) is 4.00. The first-order valence-electron chi connectivity index (χ1n) is 7.49. The molecule has 0 spiro atoms. The van der Waals surface area contributed by atoms with Crippen LogP contribution in [0, 0.1) is 0 Å². The predicted octanol–water partition coefficient (Wildman–Crippen LogP) is 1.76. The number of furan rings is 1. The number of esters is 1. The van der Waals surface area contributed by atoms with Crippen LogP contribution in [0.5, 0.6) is 0 Å². The number of hydrogen-bond donors (Lipinski definition) is 2. The topological polar surface area (TPSA) is 97.6 Å². The molecule has 0 aliphatic heterocycles. The van der Waals surface area contributed by atoms with Crippen molar-refractivity contribution in [2.24, 2.45) is 0 Å². The van der Waals surface area contributed by atoms with Gasteiger partial charge in [0, 0.05) is 6.04 Å². The van der Waals surface area contributed by atoms with Gasteiger partial charge in [-0.25, -0.2) is 0 Å². The second-order valence-electron chi connectivity index (χ2n) is 5.41. The monoisotopic (exact) mass is 386 g/mol. The molecule has 1 aromatic rings. The van der Waals surface area contributed by atoms with Crippen LogP contribution in [0.1, 0.15) is 43.2 Å². The molecule has 0 bridgehead atoms. The van der Waals surface area contributed by atoms with Crippen molar-refractivity contribution in [2.45, 2.75) is 44.8 Å². The summed E-state index contributed by atoms with van der Waals surface area (Å²) in [5.74, 6) is -1.45. The van der Waals surface area contributed by atoms with Crippen molar-refractivity contribution in [3.8, 4) is 0 Å². The molecular formula is C15H19BrN2O5. The highest BCUT2D eigenvalue weighted by Gasteiger charge is 2.23. The number of carbonyl (C=O) groups is 3. The Balaban J connectivity index is 1.70. The van der Waals surface area contributed by atoms with E-state index in [0.717, 1.165) is 25.7 Å². The summed E-state index contributed by atoms with van der Waals surface area (Å²) in [5.41, 5.74) is 0. The zero-order chi connectivity index (χ0) is 16.8. The number of nitrogens with one attached hydrogen (secondary N) is 2. The maximum atomic E-state index is 11.9. The van der Waals surface area contributed by atoms with Crippen molar-refractivity contribution in [1.82, 2.24) is 10.6 Å². The van der Waals surface area contributed by atoms with Crippen molar-refractivity contribution < 1.29 is 23.5 Å². The van der Waals surface area contributed by atoms with Gasteiger partial charge < -0.3 is 19.8 Å². The molecular weight excluding hydrogens is 368 g/mol. The third-order valence-electron chi connectivity index (χ3n) is 3.57. The van der Waals surface area contributed by atoms with Gasteiger partial charge in [-0.05, 0) is 47.8 Å². The first-order valence-corrected chi connectivity index (χ1v) is 8.28. The van der Waals surface area contributed by atoms with Gasteiger partial charge in [0.25, 0.3) is 11.8 Å². The lowest BCUT2D eigenvalue weighted by atomic mass is 10.2. The Bertz CT molecular complexity index is 580. The van der Waals surface area contributed by atoms with Crippen LogP contribution < -0.4 is 10.6 Å². The molecule has 0 radical (unpaired) electrons. The van der Waals surface area contributed by atoms with Crippen molar-refractivity contribution in [2.75, 3.05) is 6.54 Å². The minimum Gasteiger partial charge on any atom is -0.451 e. The number of carbonyl (C=O) groups excluding carboxylic acids is 3. The number of ether oxygens (including phenoxy) is 1. The lowest BCUT2D eigenvalue weighted by Gasteiger charge is -2.17. The highest BCUT2D eigenvalue weighted by Crippen LogP contribution is 2.17. The Labute approximate surface area is 142 Å². The Kier molecular flexibility index (Phi) is 6.20. The average molecular weight is 387 g/mol. The van der Waals surface area contributed by atoms with Gasteiger partial charge in [0.15, 0.2) is 16.5 Å². The van der Waals surface area contributed by atoms with E-state index in [1.807, 2.05) is 0 Å². The van der Waals surface area contributed by atoms with Gasteiger partial charge in [0.2, 0.25) is 0 Å². The molecule has 1 aliphatic carbocycles. The van der Waals surface area contributed by atoms with E-state index in [1.54, 1.807) is 6.07 Å². The Morgan fingerprint density at radius 1 is 1.35 bits per heavy atom. The summed E-state index contributed by atoms with van der Waals surface area (Å²) in [6.45, 7) is 1.17. The van der Waals surface area contributed by atoms with Crippen LogP contribution in [-0.4, -0.2) is 36.5 Å². The van der Waals surface area contributed by atoms with E-state index < -0.39 is 18.0 Å². The fourth-order valence-electron chi connectivity index (χ4n) is 2.36. The molecule has 1 heterocycles. The molecule has 1 aliphatic rings. The van der Waals surface area contributed by atoms with Crippen molar-refractivity contribution >= 4 is 33.7 Å². The first-order chi connectivity index (χ1) is 11.0. The Hall–Kier alpha value is -1.83. The number of rotatable bonds is 6. The first kappa shape index (κ1) is 17.5. The maximum Gasteiger partial charge on any atom is 0.326 e. The molecule has 23 heavy (non-hydrogen) atoms. The summed E-state index contributed by atoms with van der Waals surface area (Å²) in [6, 6.07) is 3.21. The summed E-state index contributed by atoms with van der Waals surface area (Å²) in [6.07, 6.45) is 3.24. The fourth-order valence-corrected chi connectivity index (χ4v) is 2.66. The van der Waals surface area contributed by atoms with Gasteiger partial charge >= 0.3 is 5.97 Å². The van der Waals surface area contributed by atoms with E-state index in [0.29, 0.717) is 4.67 Å². The smallest absolute Gasteiger partial charge is 0.326 e. The van der Waals surface area contributed by atoms with E-state index in [4.69, 9.17) is 9.15 Å². The van der Waals surface area contributed by atoms with Gasteiger partial charge in [-0.1, -0.05) is 12.8 Å². The van der Waals surface area contributed by atoms with Gasteiger partial charge in [0.05, 0.1) is 0 Å². The van der Waals surface area contributed by atoms with Crippen molar-refractivity contribution in [3.63, 3.8) is 0 Å². The van der Waals surface area contributed by atoms with Crippen LogP contribution in [0.4, 0.5) is 0 Å². The molecule has 8 heteroatoms. The zero-order valence-electron chi connectivity index (χ0n) is 12.8. The van der Waals surface area contributed by atoms with Crippen LogP contribution in [0.25, 0.3) is 0 Å². The maximum absolute atomic E-state index is 11.9. The fraction of sp³-hybridized carbons (Fsp3) is 0.533. The van der Waals surface area contributed by atoms with Crippen LogP contribution in [0.3, 0.4) is 0 Å². The van der Waals surface area contributed by atoms with Gasteiger partial charge in [-0.2, -0.15) is 0 Å². The van der Waals surface area contributed by atoms with Crippen LogP contribution in [0.15, 0.2) is 21.2 Å². The van der Waals surface area contributed by atoms with Crippen molar-refractivity contribution in [3.05, 3.63) is 22.6 Å². The second-order valence-corrected chi connectivity index (χ2v) is 6.19. The molecule has 0 aromatic carbocycles. The highest BCUT2D eigenvalue weighted by molar-refractivity contribution is 9.10. The second kappa shape index (κ2) is 8.14. The van der Waals surface area contributed by atoms with E-state index in [-0.39, 0.29) is 24.3 Å². The largest absolute Gasteiger partial charge is 0.451 e. The highest BCUT2D eigenvalue weighted by atomic mass is 79.9. The number of amides is 2. The van der Waals surface area contributed by atoms with Crippen molar-refractivity contribution in [1.29, 1.82) is 0 Å². The lowest BCUT2D eigenvalue weighted by Crippen LogP contribution is -2.42. The molecule has 2 amide bonds. The molecule has 7 nitrogen and oxygen atoms in total. The minimum absolute atomic E-state index is 0.0803. The van der Waals surface area contributed by atoms with E-state index in [9.17, 15) is 14.4 Å². The summed E-state index contributed by atoms with van der Waals surface area (Å²) in [4.78, 5) is 35.3. The molecule has 2 N–H and O–H groups in total. The Morgan fingerprint density at radius 3 is 2.65 bits per heavy atom. The molecule has 1 atom stereocenters. The van der Waals surface area contributed by atoms with Crippen LogP contribution >= 0.6 is 15.9 Å². The lowest BCUT2D eigenvalue weighted by molar-refractivity contribution is -0.154.